The number of carbonyl (C=O) groups is 1. The van der Waals surface area contributed by atoms with Crippen LogP contribution in [0.3, 0.4) is 0 Å². The van der Waals surface area contributed by atoms with Crippen molar-refractivity contribution in [2.24, 2.45) is 5.10 Å². The summed E-state index contributed by atoms with van der Waals surface area (Å²) in [7, 11) is 0. The number of nitriles is 1. The molecule has 0 radical (unpaired) electrons. The van der Waals surface area contributed by atoms with Gasteiger partial charge in [-0.05, 0) is 17.7 Å². The summed E-state index contributed by atoms with van der Waals surface area (Å²) < 4.78 is 27.9. The molecule has 2 aliphatic rings. The van der Waals surface area contributed by atoms with Crippen LogP contribution in [0, 0.1) is 23.0 Å². The number of aromatic amines is 1. The number of H-pyrrole nitrogens is 1. The minimum Gasteiger partial charge on any atom is -0.337 e. The normalized spacial score (nSPS) is 17.8. The molecule has 4 heterocycles. The summed E-state index contributed by atoms with van der Waals surface area (Å²) >= 11 is 0. The number of hydrogen-bond acceptors (Lipinski definition) is 8. The minimum absolute atomic E-state index is 0.0440. The molecule has 11 nitrogen and oxygen atoms in total. The number of nitrogens with zero attached hydrogens (tertiary/aromatic N) is 9. The van der Waals surface area contributed by atoms with Gasteiger partial charge in [-0.1, -0.05) is 6.07 Å². The highest BCUT2D eigenvalue weighted by Crippen LogP contribution is 2.30. The molecule has 0 aliphatic carbocycles. The number of hydrogen-bond donors (Lipinski definition) is 1. The molecule has 1 saturated heterocycles. The lowest BCUT2D eigenvalue weighted by Crippen LogP contribution is -2.52. The van der Waals surface area contributed by atoms with Gasteiger partial charge in [0, 0.05) is 38.8 Å². The Kier molecular flexibility index (Phi) is 5.54. The van der Waals surface area contributed by atoms with E-state index in [1.807, 2.05) is 11.0 Å². The summed E-state index contributed by atoms with van der Waals surface area (Å²) in [4.78, 5) is 25.1. The first-order valence-electron chi connectivity index (χ1n) is 10.5. The standard InChI is InChI=1S/C21H18F2N10O/c22-15-2-1-13(9-14(15)10-24)18-3-4-27-33(18)21(34)32-7-5-31(6-8-32)20-25-11-16(23)19(28-20)17-12-26-30-29-17/h1-2,4,9,11-12,18H,3,5-8H2,(H,26,29,30)/t18-/m0/s1. The molecule has 1 aromatic carbocycles. The molecule has 13 heteroatoms. The van der Waals surface area contributed by atoms with Crippen LogP contribution in [-0.2, 0) is 0 Å². The van der Waals surface area contributed by atoms with Crippen LogP contribution in [0.15, 0.2) is 35.7 Å². The fourth-order valence-corrected chi connectivity index (χ4v) is 3.96. The fraction of sp³-hybridized carbons (Fsp3) is 0.286. The minimum atomic E-state index is -0.607. The number of benzene rings is 1. The van der Waals surface area contributed by atoms with Gasteiger partial charge in [-0.15, -0.1) is 0 Å². The van der Waals surface area contributed by atoms with Crippen molar-refractivity contribution >= 4 is 18.2 Å². The average molecular weight is 464 g/mol. The first-order chi connectivity index (χ1) is 16.5. The third-order valence-corrected chi connectivity index (χ3v) is 5.74. The number of carbonyl (C=O) groups excluding carboxylic acids is 1. The monoisotopic (exact) mass is 464 g/mol. The molecule has 2 aliphatic heterocycles. The topological polar surface area (TPSA) is 130 Å². The molecule has 1 atom stereocenters. The summed E-state index contributed by atoms with van der Waals surface area (Å²) in [5, 5.41) is 24.7. The van der Waals surface area contributed by atoms with E-state index in [4.69, 9.17) is 5.26 Å². The van der Waals surface area contributed by atoms with Crippen molar-refractivity contribution < 1.29 is 13.6 Å². The van der Waals surface area contributed by atoms with Crippen LogP contribution in [0.25, 0.3) is 11.4 Å². The zero-order chi connectivity index (χ0) is 23.7. The second kappa shape index (κ2) is 8.81. The Labute approximate surface area is 192 Å². The number of urea groups is 1. The highest BCUT2D eigenvalue weighted by molar-refractivity contribution is 5.79. The molecule has 1 N–H and O–H groups in total. The van der Waals surface area contributed by atoms with Gasteiger partial charge < -0.3 is 9.80 Å². The van der Waals surface area contributed by atoms with E-state index >= 15 is 0 Å². The maximum absolute atomic E-state index is 14.2. The van der Waals surface area contributed by atoms with Crippen molar-refractivity contribution in [2.75, 3.05) is 31.1 Å². The molecule has 2 amide bonds. The van der Waals surface area contributed by atoms with Gasteiger partial charge >= 0.3 is 6.03 Å². The van der Waals surface area contributed by atoms with E-state index in [-0.39, 0.29) is 23.0 Å². The van der Waals surface area contributed by atoms with Crippen LogP contribution in [0.4, 0.5) is 19.5 Å². The first-order valence-corrected chi connectivity index (χ1v) is 10.5. The third kappa shape index (κ3) is 3.90. The van der Waals surface area contributed by atoms with Gasteiger partial charge in [0.05, 0.1) is 24.0 Å². The van der Waals surface area contributed by atoms with E-state index in [9.17, 15) is 13.6 Å². The number of halogens is 2. The maximum atomic E-state index is 14.2. The maximum Gasteiger partial charge on any atom is 0.341 e. The van der Waals surface area contributed by atoms with Crippen molar-refractivity contribution in [2.45, 2.75) is 12.5 Å². The smallest absolute Gasteiger partial charge is 0.337 e. The van der Waals surface area contributed by atoms with E-state index < -0.39 is 17.7 Å². The summed E-state index contributed by atoms with van der Waals surface area (Å²) in [6.45, 7) is 1.63. The Hall–Kier alpha value is -4.47. The zero-order valence-electron chi connectivity index (χ0n) is 17.8. The summed E-state index contributed by atoms with van der Waals surface area (Å²) in [6, 6.07) is 5.36. The molecule has 172 valence electrons. The predicted molar refractivity (Wildman–Crippen MR) is 115 cm³/mol. The highest BCUT2D eigenvalue weighted by Gasteiger charge is 2.34. The Morgan fingerprint density at radius 2 is 1.97 bits per heavy atom. The molecule has 0 bridgehead atoms. The van der Waals surface area contributed by atoms with E-state index in [0.29, 0.717) is 44.1 Å². The van der Waals surface area contributed by atoms with Gasteiger partial charge in [0.1, 0.15) is 23.3 Å². The largest absolute Gasteiger partial charge is 0.341 e. The highest BCUT2D eigenvalue weighted by atomic mass is 19.1. The van der Waals surface area contributed by atoms with Crippen molar-refractivity contribution in [3.05, 3.63) is 53.4 Å². The number of nitrogens with one attached hydrogen (secondary N) is 1. The van der Waals surface area contributed by atoms with E-state index in [2.05, 4.69) is 30.5 Å². The second-order valence-corrected chi connectivity index (χ2v) is 7.72. The van der Waals surface area contributed by atoms with Gasteiger partial charge in [-0.25, -0.2) is 28.6 Å². The van der Waals surface area contributed by atoms with Crippen molar-refractivity contribution in [3.63, 3.8) is 0 Å². The predicted octanol–water partition coefficient (Wildman–Crippen LogP) is 2.09. The Balaban J connectivity index is 1.27. The van der Waals surface area contributed by atoms with E-state index in [1.165, 1.54) is 23.3 Å². The van der Waals surface area contributed by atoms with Gasteiger partial charge in [0.2, 0.25) is 5.95 Å². The number of hydrazone groups is 1. The van der Waals surface area contributed by atoms with Gasteiger partial charge in [-0.3, -0.25) is 0 Å². The first kappa shape index (κ1) is 21.4. The number of piperazine rings is 1. The molecule has 2 aromatic heterocycles. The number of aromatic nitrogens is 5. The second-order valence-electron chi connectivity index (χ2n) is 7.72. The third-order valence-electron chi connectivity index (χ3n) is 5.74. The molecule has 0 spiro atoms. The van der Waals surface area contributed by atoms with Crippen molar-refractivity contribution in [3.8, 4) is 17.5 Å². The average Bonchev–Trinajstić information content (AvgIpc) is 3.57. The fourth-order valence-electron chi connectivity index (χ4n) is 3.96. The van der Waals surface area contributed by atoms with Gasteiger partial charge in [0.15, 0.2) is 5.82 Å². The summed E-state index contributed by atoms with van der Waals surface area (Å²) in [6.07, 6.45) is 4.56. The van der Waals surface area contributed by atoms with Gasteiger partial charge in [-0.2, -0.15) is 25.8 Å². The molecular weight excluding hydrogens is 446 g/mol. The lowest BCUT2D eigenvalue weighted by Gasteiger charge is -2.37. The molecule has 1 fully saturated rings. The Bertz CT molecular complexity index is 1280. The van der Waals surface area contributed by atoms with E-state index in [0.717, 1.165) is 6.20 Å². The molecule has 0 unspecified atom stereocenters. The van der Waals surface area contributed by atoms with Crippen molar-refractivity contribution in [1.29, 1.82) is 5.26 Å². The van der Waals surface area contributed by atoms with Crippen LogP contribution in [0.2, 0.25) is 0 Å². The van der Waals surface area contributed by atoms with Crippen LogP contribution < -0.4 is 4.90 Å². The Morgan fingerprint density at radius 3 is 2.71 bits per heavy atom. The number of rotatable bonds is 3. The SMILES string of the molecule is N#Cc1cc([C@@H]2CC=NN2C(=O)N2CCN(c3ncc(F)c(-c4cn[nH]n4)n3)CC2)ccc1F. The zero-order valence-corrected chi connectivity index (χ0v) is 17.8. The lowest BCUT2D eigenvalue weighted by atomic mass is 10.0. The number of anilines is 1. The van der Waals surface area contributed by atoms with E-state index in [1.54, 1.807) is 17.2 Å². The van der Waals surface area contributed by atoms with Crippen molar-refractivity contribution in [1.82, 2.24) is 35.3 Å². The van der Waals surface area contributed by atoms with Crippen LogP contribution in [0.1, 0.15) is 23.6 Å². The molecule has 5 rings (SSSR count). The quantitative estimate of drug-likeness (QED) is 0.628. The van der Waals surface area contributed by atoms with Crippen LogP contribution in [-0.4, -0.2) is 73.7 Å². The molecular formula is C21H18F2N10O. The molecule has 34 heavy (non-hydrogen) atoms. The van der Waals surface area contributed by atoms with Gasteiger partial charge in [0.25, 0.3) is 0 Å². The molecule has 0 saturated carbocycles. The number of amides is 2. The molecule has 3 aromatic rings. The van der Waals surface area contributed by atoms with Crippen LogP contribution in [0.5, 0.6) is 0 Å². The summed E-state index contributed by atoms with van der Waals surface area (Å²) in [5.41, 5.74) is 0.882. The Morgan fingerprint density at radius 1 is 1.15 bits per heavy atom. The lowest BCUT2D eigenvalue weighted by molar-refractivity contribution is 0.139. The summed E-state index contributed by atoms with van der Waals surface area (Å²) in [5.74, 6) is -0.877. The van der Waals surface area contributed by atoms with Crippen LogP contribution >= 0.6 is 0 Å².